The van der Waals surface area contributed by atoms with E-state index in [-0.39, 0.29) is 12.8 Å². The average molecular weight is 289 g/mol. The van der Waals surface area contributed by atoms with Crippen LogP contribution in [0.15, 0.2) is 0 Å². The van der Waals surface area contributed by atoms with Crippen molar-refractivity contribution in [2.24, 2.45) is 0 Å². The molecular formula is C12H18F5O2-. The topological polar surface area (TPSA) is 40.1 Å². The molecule has 0 heterocycles. The number of unbranched alkanes of at least 4 members (excludes halogenated alkanes) is 4. The van der Waals surface area contributed by atoms with E-state index >= 15 is 0 Å². The lowest BCUT2D eigenvalue weighted by molar-refractivity contribution is -0.314. The van der Waals surface area contributed by atoms with Crippen molar-refractivity contribution in [2.75, 3.05) is 6.67 Å². The van der Waals surface area contributed by atoms with Gasteiger partial charge in [0.25, 0.3) is 0 Å². The zero-order valence-corrected chi connectivity index (χ0v) is 10.5. The number of carboxylic acid groups (broad SMARTS) is 1. The van der Waals surface area contributed by atoms with Gasteiger partial charge >= 0.3 is 0 Å². The molecule has 0 aliphatic carbocycles. The first-order valence-electron chi connectivity index (χ1n) is 6.25. The van der Waals surface area contributed by atoms with E-state index in [0.717, 1.165) is 0 Å². The van der Waals surface area contributed by atoms with Crippen LogP contribution in [0.3, 0.4) is 0 Å². The molecule has 2 nitrogen and oxygen atoms in total. The van der Waals surface area contributed by atoms with E-state index in [1.165, 1.54) is 0 Å². The summed E-state index contributed by atoms with van der Waals surface area (Å²) < 4.78 is 63.5. The molecule has 0 aromatic rings. The van der Waals surface area contributed by atoms with E-state index in [1.54, 1.807) is 0 Å². The fourth-order valence-corrected chi connectivity index (χ4v) is 1.61. The standard InChI is InChI=1S/C12H19F5O2/c13-7-5-3-1-2-4-6-8(14)9(15)10(16)11(17)12(18)19/h8-11H,1-7H2,(H,18,19)/p-1. The summed E-state index contributed by atoms with van der Waals surface area (Å²) in [6, 6.07) is 0. The van der Waals surface area contributed by atoms with E-state index in [2.05, 4.69) is 0 Å². The second kappa shape index (κ2) is 9.97. The minimum Gasteiger partial charge on any atom is -0.547 e. The number of rotatable bonds is 11. The van der Waals surface area contributed by atoms with Gasteiger partial charge in [-0.25, -0.2) is 17.6 Å². The molecule has 0 amide bonds. The molecule has 0 spiro atoms. The molecule has 0 radical (unpaired) electrons. The SMILES string of the molecule is O=C([O-])C(F)C(F)C(F)C(F)CCCCCCCF. The zero-order valence-electron chi connectivity index (χ0n) is 10.5. The van der Waals surface area contributed by atoms with Gasteiger partial charge in [-0.2, -0.15) is 0 Å². The summed E-state index contributed by atoms with van der Waals surface area (Å²) in [5, 5.41) is 9.98. The summed E-state index contributed by atoms with van der Waals surface area (Å²) in [6.45, 7) is -0.428. The van der Waals surface area contributed by atoms with Crippen LogP contribution >= 0.6 is 0 Å². The molecule has 114 valence electrons. The van der Waals surface area contributed by atoms with Crippen LogP contribution in [-0.4, -0.2) is 37.3 Å². The van der Waals surface area contributed by atoms with Crippen molar-refractivity contribution in [2.45, 2.75) is 63.2 Å². The average Bonchev–Trinajstić information content (AvgIpc) is 2.39. The predicted octanol–water partition coefficient (Wildman–Crippen LogP) is 2.40. The fraction of sp³-hybridized carbons (Fsp3) is 0.917. The third-order valence-corrected chi connectivity index (χ3v) is 2.77. The van der Waals surface area contributed by atoms with Gasteiger partial charge in [-0.1, -0.05) is 25.7 Å². The van der Waals surface area contributed by atoms with Crippen LogP contribution in [0.1, 0.15) is 38.5 Å². The summed E-state index contributed by atoms with van der Waals surface area (Å²) in [4.78, 5) is 9.98. The Kier molecular flexibility index (Phi) is 9.51. The number of aliphatic carboxylic acids is 1. The molecule has 0 fully saturated rings. The van der Waals surface area contributed by atoms with E-state index in [9.17, 15) is 31.9 Å². The second-order valence-corrected chi connectivity index (χ2v) is 4.37. The molecule has 7 heteroatoms. The Morgan fingerprint density at radius 3 is 1.95 bits per heavy atom. The number of hydrogen-bond acceptors (Lipinski definition) is 2. The van der Waals surface area contributed by atoms with E-state index in [4.69, 9.17) is 0 Å². The van der Waals surface area contributed by atoms with Gasteiger partial charge in [0, 0.05) is 0 Å². The molecule has 0 aromatic heterocycles. The van der Waals surface area contributed by atoms with Crippen molar-refractivity contribution in [3.05, 3.63) is 0 Å². The van der Waals surface area contributed by atoms with Gasteiger partial charge in [-0.15, -0.1) is 0 Å². The maximum atomic E-state index is 13.2. The third kappa shape index (κ3) is 7.32. The maximum Gasteiger partial charge on any atom is 0.173 e. The van der Waals surface area contributed by atoms with Crippen molar-refractivity contribution in [3.8, 4) is 0 Å². The Hall–Kier alpha value is -0.880. The van der Waals surface area contributed by atoms with Gasteiger partial charge in [-0.3, -0.25) is 4.39 Å². The molecular weight excluding hydrogens is 271 g/mol. The minimum absolute atomic E-state index is 0.253. The lowest BCUT2D eigenvalue weighted by atomic mass is 10.0. The largest absolute Gasteiger partial charge is 0.547 e. The van der Waals surface area contributed by atoms with Crippen molar-refractivity contribution in [3.63, 3.8) is 0 Å². The zero-order chi connectivity index (χ0) is 14.8. The molecule has 0 saturated carbocycles. The van der Waals surface area contributed by atoms with Gasteiger partial charge in [0.1, 0.15) is 6.17 Å². The van der Waals surface area contributed by atoms with Crippen molar-refractivity contribution in [1.82, 2.24) is 0 Å². The molecule has 0 aromatic carbocycles. The first kappa shape index (κ1) is 18.1. The first-order chi connectivity index (χ1) is 8.91. The quantitative estimate of drug-likeness (QED) is 0.433. The molecule has 4 unspecified atom stereocenters. The Morgan fingerprint density at radius 1 is 0.895 bits per heavy atom. The highest BCUT2D eigenvalue weighted by atomic mass is 19.2. The predicted molar refractivity (Wildman–Crippen MR) is 58.3 cm³/mol. The summed E-state index contributed by atoms with van der Waals surface area (Å²) in [5.74, 6) is -2.39. The number of carboxylic acids is 1. The van der Waals surface area contributed by atoms with Crippen LogP contribution in [-0.2, 0) is 4.79 Å². The normalized spacial score (nSPS) is 17.7. The Balaban J connectivity index is 3.86. The molecule has 0 aliphatic rings. The first-order valence-corrected chi connectivity index (χ1v) is 6.25. The highest BCUT2D eigenvalue weighted by Gasteiger charge is 2.36. The van der Waals surface area contributed by atoms with E-state index in [1.807, 2.05) is 0 Å². The Morgan fingerprint density at radius 2 is 1.42 bits per heavy atom. The van der Waals surface area contributed by atoms with Gasteiger partial charge in [0.2, 0.25) is 0 Å². The lowest BCUT2D eigenvalue weighted by Gasteiger charge is -2.20. The number of carbonyl (C=O) groups is 1. The molecule has 4 atom stereocenters. The summed E-state index contributed by atoms with van der Waals surface area (Å²) in [5.41, 5.74) is 0. The number of carbonyl (C=O) groups excluding carboxylic acids is 1. The van der Waals surface area contributed by atoms with Crippen molar-refractivity contribution < 1.29 is 31.9 Å². The summed E-state index contributed by atoms with van der Waals surface area (Å²) in [6.07, 6.45) is -9.15. The Bertz CT molecular complexity index is 252. The van der Waals surface area contributed by atoms with Crippen molar-refractivity contribution >= 4 is 5.97 Å². The van der Waals surface area contributed by atoms with Crippen molar-refractivity contribution in [1.29, 1.82) is 0 Å². The van der Waals surface area contributed by atoms with Crippen LogP contribution in [0, 0.1) is 0 Å². The van der Waals surface area contributed by atoms with Gasteiger partial charge in [-0.05, 0) is 12.8 Å². The van der Waals surface area contributed by atoms with Gasteiger partial charge in [0.05, 0.1) is 12.6 Å². The van der Waals surface area contributed by atoms with Crippen LogP contribution < -0.4 is 5.11 Å². The van der Waals surface area contributed by atoms with Gasteiger partial charge < -0.3 is 9.90 Å². The van der Waals surface area contributed by atoms with Crippen LogP contribution in [0.25, 0.3) is 0 Å². The maximum absolute atomic E-state index is 13.2. The van der Waals surface area contributed by atoms with E-state index < -0.39 is 37.3 Å². The molecule has 0 saturated heterocycles. The molecule has 0 N–H and O–H groups in total. The smallest absolute Gasteiger partial charge is 0.173 e. The van der Waals surface area contributed by atoms with Crippen LogP contribution in [0.4, 0.5) is 22.0 Å². The monoisotopic (exact) mass is 289 g/mol. The summed E-state index contributed by atoms with van der Waals surface area (Å²) >= 11 is 0. The molecule has 0 aliphatic heterocycles. The van der Waals surface area contributed by atoms with Crippen LogP contribution in [0.5, 0.6) is 0 Å². The number of alkyl halides is 5. The second-order valence-electron chi connectivity index (χ2n) is 4.37. The number of halogens is 5. The molecule has 19 heavy (non-hydrogen) atoms. The summed E-state index contributed by atoms with van der Waals surface area (Å²) in [7, 11) is 0. The molecule has 0 bridgehead atoms. The highest BCUT2D eigenvalue weighted by Crippen LogP contribution is 2.21. The van der Waals surface area contributed by atoms with E-state index in [0.29, 0.717) is 25.7 Å². The minimum atomic E-state index is -3.17. The fourth-order valence-electron chi connectivity index (χ4n) is 1.61. The third-order valence-electron chi connectivity index (χ3n) is 2.77. The highest BCUT2D eigenvalue weighted by molar-refractivity contribution is 5.70. The van der Waals surface area contributed by atoms with Gasteiger partial charge in [0.15, 0.2) is 18.5 Å². The Labute approximate surface area is 109 Å². The molecule has 0 rings (SSSR count). The van der Waals surface area contributed by atoms with Crippen LogP contribution in [0.2, 0.25) is 0 Å². The number of hydrogen-bond donors (Lipinski definition) is 0. The lowest BCUT2D eigenvalue weighted by Crippen LogP contribution is -2.45.